The van der Waals surface area contributed by atoms with E-state index in [1.165, 1.54) is 49.4 Å². The van der Waals surface area contributed by atoms with Crippen LogP contribution in [0.25, 0.3) is 0 Å². The number of hydrogen-bond acceptors (Lipinski definition) is 4. The van der Waals surface area contributed by atoms with Crippen LogP contribution in [0.15, 0.2) is 71.6 Å². The van der Waals surface area contributed by atoms with Crippen molar-refractivity contribution >= 4 is 38.9 Å². The van der Waals surface area contributed by atoms with Crippen molar-refractivity contribution in [3.8, 4) is 0 Å². The van der Waals surface area contributed by atoms with Gasteiger partial charge in [-0.05, 0) is 67.1 Å². The van der Waals surface area contributed by atoms with Gasteiger partial charge in [0.1, 0.15) is 0 Å². The minimum Gasteiger partial charge on any atom is -0.326 e. The number of alkyl halides is 3. The first kappa shape index (κ1) is 24.8. The first-order chi connectivity index (χ1) is 15.8. The molecule has 3 rings (SSSR count). The Hall–Kier alpha value is -3.86. The molecular formula is C23H20F3N3O4S. The maximum Gasteiger partial charge on any atom is 0.416 e. The van der Waals surface area contributed by atoms with Gasteiger partial charge in [0.2, 0.25) is 5.91 Å². The molecule has 0 bridgehead atoms. The summed E-state index contributed by atoms with van der Waals surface area (Å²) in [6.45, 7) is 2.92. The SMILES string of the molecule is CC(=O)Nc1ccc(NS(=O)(=O)c2ccc(C)c(C(=O)Nc3cccc(C(F)(F)F)c3)c2)cc1. The van der Waals surface area contributed by atoms with E-state index in [1.807, 2.05) is 0 Å². The number of benzene rings is 3. The summed E-state index contributed by atoms with van der Waals surface area (Å²) in [6, 6.07) is 14.0. The van der Waals surface area contributed by atoms with Crippen molar-refractivity contribution in [3.63, 3.8) is 0 Å². The number of nitrogens with one attached hydrogen (secondary N) is 3. The van der Waals surface area contributed by atoms with Crippen LogP contribution in [0.3, 0.4) is 0 Å². The van der Waals surface area contributed by atoms with Crippen molar-refractivity contribution in [1.82, 2.24) is 0 Å². The van der Waals surface area contributed by atoms with Gasteiger partial charge in [-0.15, -0.1) is 0 Å². The van der Waals surface area contributed by atoms with Gasteiger partial charge in [-0.3, -0.25) is 14.3 Å². The van der Waals surface area contributed by atoms with Crippen molar-refractivity contribution < 1.29 is 31.2 Å². The van der Waals surface area contributed by atoms with E-state index in [9.17, 15) is 31.2 Å². The van der Waals surface area contributed by atoms with E-state index in [-0.39, 0.29) is 27.7 Å². The van der Waals surface area contributed by atoms with E-state index in [4.69, 9.17) is 0 Å². The molecule has 0 aromatic heterocycles. The van der Waals surface area contributed by atoms with E-state index in [1.54, 1.807) is 6.92 Å². The Morgan fingerprint density at radius 2 is 1.47 bits per heavy atom. The van der Waals surface area contributed by atoms with Gasteiger partial charge in [0.05, 0.1) is 10.5 Å². The Kier molecular flexibility index (Phi) is 6.96. The highest BCUT2D eigenvalue weighted by Gasteiger charge is 2.30. The monoisotopic (exact) mass is 491 g/mol. The number of carbonyl (C=O) groups is 2. The van der Waals surface area contributed by atoms with Crippen LogP contribution in [-0.4, -0.2) is 20.2 Å². The van der Waals surface area contributed by atoms with Gasteiger partial charge in [-0.2, -0.15) is 13.2 Å². The lowest BCUT2D eigenvalue weighted by atomic mass is 10.1. The lowest BCUT2D eigenvalue weighted by Gasteiger charge is -2.13. The van der Waals surface area contributed by atoms with Crippen molar-refractivity contribution in [2.24, 2.45) is 0 Å². The summed E-state index contributed by atoms with van der Waals surface area (Å²) in [7, 11) is -4.09. The summed E-state index contributed by atoms with van der Waals surface area (Å²) < 4.78 is 66.8. The van der Waals surface area contributed by atoms with Gasteiger partial charge in [-0.25, -0.2) is 8.42 Å². The highest BCUT2D eigenvalue weighted by Crippen LogP contribution is 2.31. The third-order valence-corrected chi connectivity index (χ3v) is 6.05. The van der Waals surface area contributed by atoms with Gasteiger partial charge in [0.15, 0.2) is 0 Å². The average molecular weight is 491 g/mol. The molecule has 0 aliphatic heterocycles. The minimum atomic E-state index is -4.57. The quantitative estimate of drug-likeness (QED) is 0.450. The molecule has 178 valence electrons. The third kappa shape index (κ3) is 6.13. The average Bonchev–Trinajstić information content (AvgIpc) is 2.74. The maximum atomic E-state index is 12.9. The van der Waals surface area contributed by atoms with Crippen LogP contribution in [0.2, 0.25) is 0 Å². The predicted octanol–water partition coefficient (Wildman–Crippen LogP) is 5.03. The molecule has 0 heterocycles. The number of amides is 2. The molecule has 7 nitrogen and oxygen atoms in total. The zero-order chi connectivity index (χ0) is 25.1. The summed E-state index contributed by atoms with van der Waals surface area (Å²) in [5.41, 5.74) is 0.130. The smallest absolute Gasteiger partial charge is 0.326 e. The van der Waals surface area contributed by atoms with Crippen LogP contribution < -0.4 is 15.4 Å². The molecule has 11 heteroatoms. The zero-order valence-electron chi connectivity index (χ0n) is 18.0. The Balaban J connectivity index is 1.82. The van der Waals surface area contributed by atoms with Crippen LogP contribution in [0.4, 0.5) is 30.2 Å². The van der Waals surface area contributed by atoms with Crippen LogP contribution in [0, 0.1) is 6.92 Å². The second-order valence-electron chi connectivity index (χ2n) is 7.37. The predicted molar refractivity (Wildman–Crippen MR) is 122 cm³/mol. The third-order valence-electron chi connectivity index (χ3n) is 4.67. The maximum absolute atomic E-state index is 12.9. The topological polar surface area (TPSA) is 104 Å². The number of anilines is 3. The molecule has 0 spiro atoms. The molecule has 2 amide bonds. The molecule has 0 aliphatic rings. The number of hydrogen-bond donors (Lipinski definition) is 3. The molecule has 34 heavy (non-hydrogen) atoms. The molecule has 0 unspecified atom stereocenters. The summed E-state index contributed by atoms with van der Waals surface area (Å²) in [5, 5.41) is 4.93. The molecule has 0 atom stereocenters. The van der Waals surface area contributed by atoms with E-state index >= 15 is 0 Å². The van der Waals surface area contributed by atoms with Gasteiger partial charge in [-0.1, -0.05) is 12.1 Å². The number of sulfonamides is 1. The van der Waals surface area contributed by atoms with Gasteiger partial charge in [0, 0.05) is 29.5 Å². The summed E-state index contributed by atoms with van der Waals surface area (Å²) in [4.78, 5) is 23.6. The van der Waals surface area contributed by atoms with Crippen LogP contribution in [0.5, 0.6) is 0 Å². The first-order valence-electron chi connectivity index (χ1n) is 9.85. The molecule has 0 aliphatic carbocycles. The zero-order valence-corrected chi connectivity index (χ0v) is 18.8. The second kappa shape index (κ2) is 9.56. The lowest BCUT2D eigenvalue weighted by molar-refractivity contribution is -0.137. The van der Waals surface area contributed by atoms with Crippen LogP contribution in [0.1, 0.15) is 28.4 Å². The van der Waals surface area contributed by atoms with Crippen LogP contribution >= 0.6 is 0 Å². The van der Waals surface area contributed by atoms with Crippen molar-refractivity contribution in [2.45, 2.75) is 24.9 Å². The molecule has 0 radical (unpaired) electrons. The Labute approximate surface area is 194 Å². The van der Waals surface area contributed by atoms with Gasteiger partial charge in [0.25, 0.3) is 15.9 Å². The van der Waals surface area contributed by atoms with E-state index < -0.39 is 27.7 Å². The Morgan fingerprint density at radius 3 is 2.09 bits per heavy atom. The molecule has 3 aromatic carbocycles. The van der Waals surface area contributed by atoms with Crippen molar-refractivity contribution in [3.05, 3.63) is 83.4 Å². The Morgan fingerprint density at radius 1 is 0.824 bits per heavy atom. The van der Waals surface area contributed by atoms with Gasteiger partial charge >= 0.3 is 6.18 Å². The molecule has 0 saturated carbocycles. The first-order valence-corrected chi connectivity index (χ1v) is 11.3. The molecule has 3 aromatic rings. The molecule has 0 saturated heterocycles. The summed E-state index contributed by atoms with van der Waals surface area (Å²) in [6.07, 6.45) is -4.57. The summed E-state index contributed by atoms with van der Waals surface area (Å²) >= 11 is 0. The standard InChI is InChI=1S/C23H20F3N3O4S/c1-14-6-11-20(34(32,33)29-18-9-7-17(8-10-18)27-15(2)30)13-21(14)22(31)28-19-5-3-4-16(12-19)23(24,25)26/h3-13,29H,1-2H3,(H,27,30)(H,28,31). The molecular weight excluding hydrogens is 471 g/mol. The van der Waals surface area contributed by atoms with Gasteiger partial charge < -0.3 is 10.6 Å². The van der Waals surface area contributed by atoms with E-state index in [0.717, 1.165) is 24.3 Å². The second-order valence-corrected chi connectivity index (χ2v) is 9.06. The summed E-state index contributed by atoms with van der Waals surface area (Å²) in [5.74, 6) is -1.03. The number of aryl methyl sites for hydroxylation is 1. The molecule has 3 N–H and O–H groups in total. The number of halogens is 3. The largest absolute Gasteiger partial charge is 0.416 e. The number of rotatable bonds is 6. The highest BCUT2D eigenvalue weighted by atomic mass is 32.2. The minimum absolute atomic E-state index is 0.0127. The van der Waals surface area contributed by atoms with Crippen molar-refractivity contribution in [1.29, 1.82) is 0 Å². The van der Waals surface area contributed by atoms with Crippen LogP contribution in [-0.2, 0) is 21.0 Å². The fourth-order valence-electron chi connectivity index (χ4n) is 3.02. The highest BCUT2D eigenvalue weighted by molar-refractivity contribution is 7.92. The number of carbonyl (C=O) groups excluding carboxylic acids is 2. The van der Waals surface area contributed by atoms with Crippen molar-refractivity contribution in [2.75, 3.05) is 15.4 Å². The fraction of sp³-hybridized carbons (Fsp3) is 0.130. The van der Waals surface area contributed by atoms with E-state index in [2.05, 4.69) is 15.4 Å². The normalized spacial score (nSPS) is 11.6. The lowest BCUT2D eigenvalue weighted by Crippen LogP contribution is -2.17. The Bertz CT molecular complexity index is 1340. The fourth-order valence-corrected chi connectivity index (χ4v) is 4.11. The molecule has 0 fully saturated rings. The van der Waals surface area contributed by atoms with E-state index in [0.29, 0.717) is 11.3 Å².